The molecule has 0 radical (unpaired) electrons. The summed E-state index contributed by atoms with van der Waals surface area (Å²) in [7, 11) is 0. The van der Waals surface area contributed by atoms with Crippen LogP contribution in [0.1, 0.15) is 26.3 Å². The van der Waals surface area contributed by atoms with E-state index in [1.165, 1.54) is 40.2 Å². The molecule has 1 aromatic carbocycles. The van der Waals surface area contributed by atoms with Crippen LogP contribution in [0.2, 0.25) is 0 Å². The highest BCUT2D eigenvalue weighted by molar-refractivity contribution is 7.08. The summed E-state index contributed by atoms with van der Waals surface area (Å²) in [4.78, 5) is 38.4. The second kappa shape index (κ2) is 10.2. The minimum atomic E-state index is -3.05. The molecule has 1 amide bonds. The lowest BCUT2D eigenvalue weighted by Crippen LogP contribution is -2.36. The largest absolute Gasteiger partial charge is 0.433 e. The third-order valence-electron chi connectivity index (χ3n) is 4.45. The number of thiophene rings is 1. The Labute approximate surface area is 196 Å². The monoisotopic (exact) mass is 492 g/mol. The topological polar surface area (TPSA) is 77.4 Å². The normalized spacial score (nSPS) is 12.9. The van der Waals surface area contributed by atoms with E-state index < -0.39 is 30.0 Å². The molecule has 0 atom stereocenters. The Hall–Kier alpha value is -3.11. The molecule has 10 heteroatoms. The number of nitrogens with zero attached hydrogens (tertiary/aromatic N) is 1. The molecule has 33 heavy (non-hydrogen) atoms. The predicted molar refractivity (Wildman–Crippen MR) is 126 cm³/mol. The number of hydrogen-bond donors (Lipinski definition) is 1. The molecule has 1 N–H and O–H groups in total. The zero-order valence-corrected chi connectivity index (χ0v) is 19.8. The molecule has 0 bridgehead atoms. The Kier molecular flexibility index (Phi) is 7.60. The number of para-hydroxylation sites is 2. The number of alkyl halides is 2. The summed E-state index contributed by atoms with van der Waals surface area (Å²) in [5, 5.41) is 6.25. The number of aromatic nitrogens is 1. The summed E-state index contributed by atoms with van der Waals surface area (Å²) in [5.41, 5.74) is -0.212. The van der Waals surface area contributed by atoms with Gasteiger partial charge in [-0.3, -0.25) is 19.0 Å². The third kappa shape index (κ3) is 6.45. The van der Waals surface area contributed by atoms with E-state index in [1.807, 2.05) is 16.8 Å². The zero-order valence-electron chi connectivity index (χ0n) is 18.1. The van der Waals surface area contributed by atoms with Crippen LogP contribution in [0.3, 0.4) is 0 Å². The third-order valence-corrected chi connectivity index (χ3v) is 6.21. The number of ketones is 1. The van der Waals surface area contributed by atoms with E-state index in [0.717, 1.165) is 16.9 Å². The van der Waals surface area contributed by atoms with Gasteiger partial charge in [-0.2, -0.15) is 20.1 Å². The van der Waals surface area contributed by atoms with E-state index in [4.69, 9.17) is 0 Å². The Balaban J connectivity index is 1.99. The van der Waals surface area contributed by atoms with Crippen LogP contribution in [-0.4, -0.2) is 22.9 Å². The predicted octanol–water partition coefficient (Wildman–Crippen LogP) is 3.44. The maximum atomic E-state index is 13.1. The van der Waals surface area contributed by atoms with Gasteiger partial charge in [0.25, 0.3) is 5.56 Å². The average molecular weight is 493 g/mol. The van der Waals surface area contributed by atoms with Crippen LogP contribution in [-0.2, 0) is 16.1 Å². The lowest BCUT2D eigenvalue weighted by atomic mass is 9.91. The number of benzene rings is 1. The number of Topliss-reactive ketones (excluding diaryl/α,β-unsaturated/α-hetero) is 1. The minimum absolute atomic E-state index is 0.0486. The highest BCUT2D eigenvalue weighted by atomic mass is 32.1. The van der Waals surface area contributed by atoms with E-state index >= 15 is 0 Å². The molecule has 2 heterocycles. The maximum absolute atomic E-state index is 13.1. The molecule has 0 fully saturated rings. The highest BCUT2D eigenvalue weighted by Crippen LogP contribution is 2.25. The van der Waals surface area contributed by atoms with Crippen molar-refractivity contribution in [2.45, 2.75) is 33.9 Å². The first kappa shape index (κ1) is 24.5. The van der Waals surface area contributed by atoms with Gasteiger partial charge in [-0.1, -0.05) is 32.9 Å². The molecule has 0 aliphatic heterocycles. The number of ether oxygens (including phenoxy) is 1. The van der Waals surface area contributed by atoms with Gasteiger partial charge in [0.2, 0.25) is 5.91 Å². The number of hydrogen-bond acceptors (Lipinski definition) is 6. The Morgan fingerprint density at radius 3 is 2.58 bits per heavy atom. The van der Waals surface area contributed by atoms with E-state index in [0.29, 0.717) is 9.20 Å². The molecule has 3 aromatic rings. The number of carbonyl (C=O) groups is 2. The second-order valence-corrected chi connectivity index (χ2v) is 9.92. The number of anilines is 1. The molecule has 0 spiro atoms. The van der Waals surface area contributed by atoms with Crippen molar-refractivity contribution in [3.63, 3.8) is 0 Å². The first-order chi connectivity index (χ1) is 15.5. The highest BCUT2D eigenvalue weighted by Gasteiger charge is 2.20. The van der Waals surface area contributed by atoms with Crippen LogP contribution in [0.15, 0.2) is 45.9 Å². The molecule has 3 rings (SSSR count). The number of amides is 1. The Bertz CT molecular complexity index is 1320. The Morgan fingerprint density at radius 1 is 1.21 bits per heavy atom. The smallest absolute Gasteiger partial charge is 0.387 e. The summed E-state index contributed by atoms with van der Waals surface area (Å²) in [5.74, 6) is -1.02. The van der Waals surface area contributed by atoms with Crippen LogP contribution >= 0.6 is 22.7 Å². The van der Waals surface area contributed by atoms with Crippen molar-refractivity contribution in [3.05, 3.63) is 66.2 Å². The van der Waals surface area contributed by atoms with Crippen molar-refractivity contribution in [1.82, 2.24) is 4.57 Å². The summed E-state index contributed by atoms with van der Waals surface area (Å²) in [6, 6.07) is 7.62. The lowest BCUT2D eigenvalue weighted by Gasteiger charge is -2.13. The fraction of sp³-hybridized carbons (Fsp3) is 0.261. The summed E-state index contributed by atoms with van der Waals surface area (Å²) >= 11 is 2.59. The lowest BCUT2D eigenvalue weighted by molar-refractivity contribution is -0.120. The van der Waals surface area contributed by atoms with Crippen LogP contribution in [0.5, 0.6) is 5.75 Å². The van der Waals surface area contributed by atoms with Gasteiger partial charge in [0.15, 0.2) is 5.78 Å². The van der Waals surface area contributed by atoms with Gasteiger partial charge >= 0.3 is 6.61 Å². The molecular weight excluding hydrogens is 470 g/mol. The number of rotatable bonds is 7. The molecule has 0 saturated carbocycles. The average Bonchev–Trinajstić information content (AvgIpc) is 3.33. The van der Waals surface area contributed by atoms with Crippen LogP contribution in [0.25, 0.3) is 12.2 Å². The van der Waals surface area contributed by atoms with Gasteiger partial charge in [0.1, 0.15) is 17.0 Å². The molecule has 0 aliphatic rings. The quantitative estimate of drug-likeness (QED) is 0.548. The molecule has 0 saturated heterocycles. The second-order valence-electron chi connectivity index (χ2n) is 8.08. The van der Waals surface area contributed by atoms with Crippen molar-refractivity contribution in [2.24, 2.45) is 5.41 Å². The van der Waals surface area contributed by atoms with Gasteiger partial charge < -0.3 is 10.1 Å². The van der Waals surface area contributed by atoms with Crippen molar-refractivity contribution >= 4 is 52.2 Å². The van der Waals surface area contributed by atoms with Gasteiger partial charge in [-0.25, -0.2) is 0 Å². The van der Waals surface area contributed by atoms with Crippen LogP contribution in [0.4, 0.5) is 14.5 Å². The summed E-state index contributed by atoms with van der Waals surface area (Å²) < 4.78 is 31.6. The van der Waals surface area contributed by atoms with Gasteiger partial charge in [0.05, 0.1) is 10.2 Å². The standard InChI is InChI=1S/C23H22F2N2O4S2/c1-23(2,3)18(28)11-20-27(21(30)17(33-20)10-14-8-9-32-13-14)12-19(29)26-15-6-4-5-7-16(15)31-22(24)25/h4-11,13,22H,12H2,1-3H3,(H,26,29)/b17-10-,20-11-. The SMILES string of the molecule is CC(C)(C)C(=O)/C=c1\s/c(=C\c2ccsc2)c(=O)n1CC(=O)Nc1ccccc1OC(F)F. The van der Waals surface area contributed by atoms with Crippen molar-refractivity contribution in [2.75, 3.05) is 5.32 Å². The Morgan fingerprint density at radius 2 is 1.94 bits per heavy atom. The summed E-state index contributed by atoms with van der Waals surface area (Å²) in [6.45, 7) is 1.81. The van der Waals surface area contributed by atoms with Crippen LogP contribution < -0.4 is 24.8 Å². The molecule has 6 nitrogen and oxygen atoms in total. The first-order valence-corrected chi connectivity index (χ1v) is 11.6. The molecule has 174 valence electrons. The van der Waals surface area contributed by atoms with Gasteiger partial charge in [-0.05, 0) is 40.6 Å². The fourth-order valence-corrected chi connectivity index (χ4v) is 4.39. The minimum Gasteiger partial charge on any atom is -0.433 e. The van der Waals surface area contributed by atoms with Crippen LogP contribution in [0, 0.1) is 5.41 Å². The fourth-order valence-electron chi connectivity index (χ4n) is 2.73. The molecule has 2 aromatic heterocycles. The summed E-state index contributed by atoms with van der Waals surface area (Å²) in [6.07, 6.45) is 3.06. The maximum Gasteiger partial charge on any atom is 0.387 e. The first-order valence-electron chi connectivity index (χ1n) is 9.88. The van der Waals surface area contributed by atoms with E-state index in [-0.39, 0.29) is 17.2 Å². The molecule has 0 aliphatic carbocycles. The van der Waals surface area contributed by atoms with Gasteiger partial charge in [0, 0.05) is 11.5 Å². The number of thiazole rings is 1. The van der Waals surface area contributed by atoms with E-state index in [1.54, 1.807) is 32.9 Å². The zero-order chi connectivity index (χ0) is 24.2. The van der Waals surface area contributed by atoms with Crippen molar-refractivity contribution < 1.29 is 23.1 Å². The van der Waals surface area contributed by atoms with Crippen molar-refractivity contribution in [3.8, 4) is 5.75 Å². The molecular formula is C23H22F2N2O4S2. The number of nitrogens with one attached hydrogen (secondary N) is 1. The number of carbonyl (C=O) groups excluding carboxylic acids is 2. The van der Waals surface area contributed by atoms with E-state index in [2.05, 4.69) is 10.1 Å². The van der Waals surface area contributed by atoms with Crippen molar-refractivity contribution in [1.29, 1.82) is 0 Å². The number of halogens is 2. The van der Waals surface area contributed by atoms with E-state index in [9.17, 15) is 23.2 Å². The molecule has 0 unspecified atom stereocenters. The van der Waals surface area contributed by atoms with Gasteiger partial charge in [-0.15, -0.1) is 11.3 Å².